The van der Waals surface area contributed by atoms with Crippen molar-refractivity contribution < 1.29 is 9.53 Å². The summed E-state index contributed by atoms with van der Waals surface area (Å²) < 4.78 is 5.64. The van der Waals surface area contributed by atoms with Gasteiger partial charge in [0.1, 0.15) is 6.10 Å². The first-order chi connectivity index (χ1) is 13.0. The van der Waals surface area contributed by atoms with Gasteiger partial charge in [0.25, 0.3) is 0 Å². The van der Waals surface area contributed by atoms with Gasteiger partial charge >= 0.3 is 5.97 Å². The van der Waals surface area contributed by atoms with Crippen molar-refractivity contribution in [2.45, 2.75) is 118 Å². The summed E-state index contributed by atoms with van der Waals surface area (Å²) in [6, 6.07) is 0. The fourth-order valence-corrected chi connectivity index (χ4v) is 3.33. The van der Waals surface area contributed by atoms with Crippen molar-refractivity contribution in [2.75, 3.05) is 0 Å². The molecule has 0 bridgehead atoms. The highest BCUT2D eigenvalue weighted by molar-refractivity contribution is 5.69. The molecule has 0 spiro atoms. The van der Waals surface area contributed by atoms with Crippen LogP contribution in [0.15, 0.2) is 24.3 Å². The molecule has 0 amide bonds. The third-order valence-electron chi connectivity index (χ3n) is 4.91. The predicted octanol–water partition coefficient (Wildman–Crippen LogP) is 8.02. The summed E-state index contributed by atoms with van der Waals surface area (Å²) in [5.74, 6) is 0.755. The van der Waals surface area contributed by atoms with E-state index in [0.29, 0.717) is 18.3 Å². The molecule has 0 aromatic carbocycles. The molecule has 0 aliphatic carbocycles. The van der Waals surface area contributed by atoms with Crippen molar-refractivity contribution in [3.8, 4) is 0 Å². The van der Waals surface area contributed by atoms with Crippen LogP contribution < -0.4 is 0 Å². The van der Waals surface area contributed by atoms with Crippen LogP contribution in [0.4, 0.5) is 0 Å². The van der Waals surface area contributed by atoms with Crippen molar-refractivity contribution in [3.05, 3.63) is 24.3 Å². The monoisotopic (exact) mass is 378 g/mol. The third-order valence-corrected chi connectivity index (χ3v) is 4.91. The maximum atomic E-state index is 12.0. The lowest BCUT2D eigenvalue weighted by Crippen LogP contribution is -2.28. The molecule has 0 saturated heterocycles. The van der Waals surface area contributed by atoms with E-state index in [4.69, 9.17) is 4.74 Å². The summed E-state index contributed by atoms with van der Waals surface area (Å²) in [6.45, 7) is 10.7. The maximum Gasteiger partial charge on any atom is 0.306 e. The smallest absolute Gasteiger partial charge is 0.306 e. The van der Waals surface area contributed by atoms with Gasteiger partial charge in [-0.15, -0.1) is 0 Å². The van der Waals surface area contributed by atoms with Crippen LogP contribution in [0.2, 0.25) is 0 Å². The quantitative estimate of drug-likeness (QED) is 0.145. The van der Waals surface area contributed by atoms with Crippen LogP contribution in [0.5, 0.6) is 0 Å². The highest BCUT2D eigenvalue weighted by Gasteiger charge is 2.21. The number of rotatable bonds is 17. The number of hydrogen-bond donors (Lipinski definition) is 0. The molecule has 0 saturated carbocycles. The Balaban J connectivity index is 3.51. The van der Waals surface area contributed by atoms with Crippen LogP contribution in [0.3, 0.4) is 0 Å². The van der Waals surface area contributed by atoms with Gasteiger partial charge in [-0.05, 0) is 50.4 Å². The van der Waals surface area contributed by atoms with E-state index < -0.39 is 0 Å². The molecule has 2 heteroatoms. The fourth-order valence-electron chi connectivity index (χ4n) is 3.33. The van der Waals surface area contributed by atoms with Crippen LogP contribution in [0.25, 0.3) is 0 Å². The molecular formula is C25H46O2. The number of carbonyl (C=O) groups is 1. The summed E-state index contributed by atoms with van der Waals surface area (Å²) in [5.41, 5.74) is 0. The van der Waals surface area contributed by atoms with Gasteiger partial charge in [-0.2, -0.15) is 0 Å². The molecule has 158 valence electrons. The molecule has 0 N–H and O–H groups in total. The summed E-state index contributed by atoms with van der Waals surface area (Å²) in [4.78, 5) is 12.0. The minimum absolute atomic E-state index is 0.0203. The largest absolute Gasteiger partial charge is 0.462 e. The second-order valence-electron chi connectivity index (χ2n) is 8.42. The van der Waals surface area contributed by atoms with Crippen molar-refractivity contribution in [3.63, 3.8) is 0 Å². The first kappa shape index (κ1) is 26.0. The minimum Gasteiger partial charge on any atom is -0.462 e. The van der Waals surface area contributed by atoms with E-state index in [-0.39, 0.29) is 12.1 Å². The zero-order valence-corrected chi connectivity index (χ0v) is 18.8. The van der Waals surface area contributed by atoms with E-state index in [0.717, 1.165) is 19.3 Å². The Morgan fingerprint density at radius 1 is 0.741 bits per heavy atom. The Kier molecular flexibility index (Phi) is 17.6. The molecule has 27 heavy (non-hydrogen) atoms. The third kappa shape index (κ3) is 16.8. The van der Waals surface area contributed by atoms with E-state index in [9.17, 15) is 4.79 Å². The second kappa shape index (κ2) is 18.3. The van der Waals surface area contributed by atoms with Crippen molar-refractivity contribution in [1.82, 2.24) is 0 Å². The lowest BCUT2D eigenvalue weighted by atomic mass is 9.96. The zero-order valence-electron chi connectivity index (χ0n) is 18.8. The predicted molar refractivity (Wildman–Crippen MR) is 119 cm³/mol. The first-order valence-corrected chi connectivity index (χ1v) is 11.5. The lowest BCUT2D eigenvalue weighted by Gasteiger charge is -2.24. The van der Waals surface area contributed by atoms with E-state index in [1.165, 1.54) is 51.4 Å². The van der Waals surface area contributed by atoms with Crippen LogP contribution >= 0.6 is 0 Å². The average Bonchev–Trinajstić information content (AvgIpc) is 2.62. The Labute approximate surface area is 169 Å². The molecule has 2 nitrogen and oxygen atoms in total. The van der Waals surface area contributed by atoms with E-state index in [1.807, 2.05) is 0 Å². The lowest BCUT2D eigenvalue weighted by molar-refractivity contribution is -0.154. The molecule has 0 unspecified atom stereocenters. The normalized spacial score (nSPS) is 12.3. The van der Waals surface area contributed by atoms with Gasteiger partial charge in [-0.25, -0.2) is 0 Å². The Morgan fingerprint density at radius 3 is 1.81 bits per heavy atom. The Hall–Kier alpha value is -1.05. The molecule has 0 aromatic heterocycles. The Morgan fingerprint density at radius 2 is 1.26 bits per heavy atom. The van der Waals surface area contributed by atoms with Gasteiger partial charge in [0.15, 0.2) is 0 Å². The zero-order chi connectivity index (χ0) is 20.3. The standard InChI is InChI=1S/C25H46O2/c1-6-7-8-9-10-11-12-13-14-15-16-17-18-19-20-21-24(26)27-25(22(2)3)23(4)5/h10-11,13-14,22-23,25H,6-9,12,15-21H2,1-5H3/b11-10-,14-13-. The van der Waals surface area contributed by atoms with Gasteiger partial charge in [-0.1, -0.05) is 91.0 Å². The van der Waals surface area contributed by atoms with E-state index in [1.54, 1.807) is 0 Å². The van der Waals surface area contributed by atoms with Crippen LogP contribution in [0.1, 0.15) is 112 Å². The van der Waals surface area contributed by atoms with Crippen LogP contribution in [-0.4, -0.2) is 12.1 Å². The number of esters is 1. The summed E-state index contributed by atoms with van der Waals surface area (Å²) in [6.07, 6.45) is 23.1. The molecule has 0 aliphatic heterocycles. The molecule has 0 radical (unpaired) electrons. The second-order valence-corrected chi connectivity index (χ2v) is 8.42. The minimum atomic E-state index is -0.0203. The van der Waals surface area contributed by atoms with Gasteiger partial charge < -0.3 is 4.74 Å². The van der Waals surface area contributed by atoms with E-state index >= 15 is 0 Å². The summed E-state index contributed by atoms with van der Waals surface area (Å²) >= 11 is 0. The van der Waals surface area contributed by atoms with Crippen molar-refractivity contribution in [2.24, 2.45) is 11.8 Å². The molecule has 0 rings (SSSR count). The van der Waals surface area contributed by atoms with Gasteiger partial charge in [0.05, 0.1) is 0 Å². The molecule has 0 heterocycles. The van der Waals surface area contributed by atoms with Gasteiger partial charge in [-0.3, -0.25) is 4.79 Å². The average molecular weight is 379 g/mol. The number of ether oxygens (including phenoxy) is 1. The first-order valence-electron chi connectivity index (χ1n) is 11.5. The van der Waals surface area contributed by atoms with Crippen molar-refractivity contribution in [1.29, 1.82) is 0 Å². The number of hydrogen-bond acceptors (Lipinski definition) is 2. The topological polar surface area (TPSA) is 26.3 Å². The number of carbonyl (C=O) groups excluding carboxylic acids is 1. The Bertz CT molecular complexity index is 385. The van der Waals surface area contributed by atoms with Gasteiger partial charge in [0.2, 0.25) is 0 Å². The number of unbranched alkanes of at least 4 members (excludes halogenated alkanes) is 8. The summed E-state index contributed by atoms with van der Waals surface area (Å²) in [7, 11) is 0. The fraction of sp³-hybridized carbons (Fsp3) is 0.800. The van der Waals surface area contributed by atoms with Crippen LogP contribution in [-0.2, 0) is 9.53 Å². The van der Waals surface area contributed by atoms with Crippen LogP contribution in [0, 0.1) is 11.8 Å². The van der Waals surface area contributed by atoms with Gasteiger partial charge in [0, 0.05) is 6.42 Å². The molecule has 0 aromatic rings. The SMILES string of the molecule is CCCCC/C=C\C/C=C\CCCCCCCC(=O)OC(C(C)C)C(C)C. The molecule has 0 fully saturated rings. The highest BCUT2D eigenvalue weighted by Crippen LogP contribution is 2.17. The van der Waals surface area contributed by atoms with E-state index in [2.05, 4.69) is 58.9 Å². The molecular weight excluding hydrogens is 332 g/mol. The highest BCUT2D eigenvalue weighted by atomic mass is 16.5. The molecule has 0 atom stereocenters. The van der Waals surface area contributed by atoms with Crippen molar-refractivity contribution >= 4 is 5.97 Å². The molecule has 0 aliphatic rings. The number of allylic oxidation sites excluding steroid dienone is 4. The summed E-state index contributed by atoms with van der Waals surface area (Å²) in [5, 5.41) is 0. The maximum absolute atomic E-state index is 12.0.